The Morgan fingerprint density at radius 2 is 0.620 bits per heavy atom. The van der Waals surface area contributed by atoms with Crippen LogP contribution in [0, 0.1) is 133 Å². The number of esters is 2. The second-order valence-electron chi connectivity index (χ2n) is 25.4. The molecule has 2 atom stereocenters. The monoisotopic (exact) mass is 1510 g/mol. The van der Waals surface area contributed by atoms with E-state index in [9.17, 15) is 136 Å². The standard InChI is InChI=1S/C22H22N4O10.C21H19N5O10.C21H21N5O10/c1-11(2)36-22(27)12(3)5-4-6-15-16-7-13(23(28)29)9-18(25(32)33)20(16)21-17(15)8-14(24(30)31)10-19(21)26(34)35;1-10(2)36-21(27)11(3)4-5-22-20-14-6-12(23(28)29)8-16(25(32)33)18(14)19-15(20)7-13(24(30)31)9-17(19)26(34)35;1-11(2)36-21(27)22(3)6-4-5-14-15-7-12(23(28)29)9-17(25(32)33)19(15)20-16(14)8-13(24(30)31)10-18(20)26(34)35/h7-12,15H,4-6H2,1-3H3;6-11H,4-5H2,1-3H3;7-11,14H,4-6H2,1-3H3. The molecule has 0 saturated carbocycles. The molecule has 6 aromatic carbocycles. The molecule has 44 heteroatoms. The predicted molar refractivity (Wildman–Crippen MR) is 372 cm³/mol. The number of amides is 1. The summed E-state index contributed by atoms with van der Waals surface area (Å²) in [6.45, 7) is 13.5. The second kappa shape index (κ2) is 33.2. The van der Waals surface area contributed by atoms with Gasteiger partial charge in [0.15, 0.2) is 0 Å². The van der Waals surface area contributed by atoms with Crippen LogP contribution < -0.4 is 0 Å². The zero-order valence-corrected chi connectivity index (χ0v) is 58.1. The van der Waals surface area contributed by atoms with Crippen LogP contribution in [0.15, 0.2) is 77.8 Å². The van der Waals surface area contributed by atoms with Gasteiger partial charge in [-0.1, -0.05) is 20.3 Å². The summed E-state index contributed by atoms with van der Waals surface area (Å²) < 4.78 is 15.4. The van der Waals surface area contributed by atoms with Gasteiger partial charge in [-0.25, -0.2) is 4.79 Å². The van der Waals surface area contributed by atoms with Gasteiger partial charge in [0.1, 0.15) is 0 Å². The van der Waals surface area contributed by atoms with Gasteiger partial charge in [-0.05, 0) is 95.9 Å². The Bertz CT molecular complexity index is 4440. The second-order valence-corrected chi connectivity index (χ2v) is 25.4. The van der Waals surface area contributed by atoms with E-state index in [0.717, 1.165) is 48.5 Å². The first-order valence-corrected chi connectivity index (χ1v) is 32.2. The minimum Gasteiger partial charge on any atom is -0.463 e. The molecule has 6 aromatic rings. The Morgan fingerprint density at radius 1 is 0.361 bits per heavy atom. The van der Waals surface area contributed by atoms with Gasteiger partial charge in [-0.15, -0.1) is 0 Å². The number of nitro groups is 12. The van der Waals surface area contributed by atoms with Gasteiger partial charge in [0.2, 0.25) is 0 Å². The van der Waals surface area contributed by atoms with E-state index in [4.69, 9.17) is 14.2 Å². The summed E-state index contributed by atoms with van der Waals surface area (Å²) in [5.74, 6) is -3.70. The highest BCUT2D eigenvalue weighted by atomic mass is 16.7. The molecule has 3 aliphatic rings. The fourth-order valence-corrected chi connectivity index (χ4v) is 12.5. The summed E-state index contributed by atoms with van der Waals surface area (Å²) in [7, 11) is 1.49. The number of benzene rings is 6. The maximum Gasteiger partial charge on any atom is 0.409 e. The van der Waals surface area contributed by atoms with Crippen LogP contribution in [-0.2, 0) is 23.8 Å². The lowest BCUT2D eigenvalue weighted by Crippen LogP contribution is -2.30. The number of carbonyl (C=O) groups excluding carboxylic acids is 3. The molecule has 2 unspecified atom stereocenters. The Kier molecular flexibility index (Phi) is 25.0. The quantitative estimate of drug-likeness (QED) is 0.0190. The summed E-state index contributed by atoms with van der Waals surface area (Å²) in [5.41, 5.74) is -9.37. The van der Waals surface area contributed by atoms with Crippen molar-refractivity contribution in [1.29, 1.82) is 0 Å². The Labute approximate surface area is 604 Å². The summed E-state index contributed by atoms with van der Waals surface area (Å²) in [4.78, 5) is 171. The van der Waals surface area contributed by atoms with Crippen molar-refractivity contribution in [2.45, 2.75) is 124 Å². The van der Waals surface area contributed by atoms with E-state index in [2.05, 4.69) is 4.99 Å². The Morgan fingerprint density at radius 3 is 0.889 bits per heavy atom. The van der Waals surface area contributed by atoms with E-state index in [-0.39, 0.29) is 130 Å². The first-order chi connectivity index (χ1) is 50.5. The number of nitrogens with zero attached hydrogens (tertiary/aromatic N) is 14. The van der Waals surface area contributed by atoms with Gasteiger partial charge in [0.05, 0.1) is 165 Å². The number of non-ortho nitro benzene ring substituents is 6. The van der Waals surface area contributed by atoms with E-state index in [1.165, 1.54) is 11.9 Å². The molecular weight excluding hydrogens is 1440 g/mol. The summed E-state index contributed by atoms with van der Waals surface area (Å²) in [6, 6.07) is 10.6. The highest BCUT2D eigenvalue weighted by molar-refractivity contribution is 6.27. The topological polar surface area (TPSA) is 612 Å². The molecule has 108 heavy (non-hydrogen) atoms. The van der Waals surface area contributed by atoms with Crippen molar-refractivity contribution in [3.05, 3.63) is 228 Å². The van der Waals surface area contributed by atoms with E-state index in [1.54, 1.807) is 55.4 Å². The zero-order valence-electron chi connectivity index (χ0n) is 58.1. The van der Waals surface area contributed by atoms with E-state index < -0.39 is 169 Å². The molecule has 0 heterocycles. The molecular formula is C64H62N14O30. The Balaban J connectivity index is 0.000000226. The molecule has 568 valence electrons. The van der Waals surface area contributed by atoms with Gasteiger partial charge >= 0.3 is 18.0 Å². The molecule has 3 aliphatic carbocycles. The van der Waals surface area contributed by atoms with Crippen molar-refractivity contribution in [3.8, 4) is 33.4 Å². The molecule has 0 aromatic heterocycles. The average Bonchev–Trinajstić information content (AvgIpc) is 1.59. The van der Waals surface area contributed by atoms with Crippen molar-refractivity contribution < 1.29 is 87.7 Å². The maximum atomic E-state index is 12.1. The zero-order chi connectivity index (χ0) is 80.7. The van der Waals surface area contributed by atoms with E-state index in [1.807, 2.05) is 0 Å². The van der Waals surface area contributed by atoms with E-state index in [0.29, 0.717) is 37.1 Å². The summed E-state index contributed by atoms with van der Waals surface area (Å²) in [6.07, 6.45) is -0.200. The van der Waals surface area contributed by atoms with Gasteiger partial charge in [0, 0.05) is 79.5 Å². The third-order valence-corrected chi connectivity index (χ3v) is 17.0. The lowest BCUT2D eigenvalue weighted by Gasteiger charge is -2.20. The van der Waals surface area contributed by atoms with Crippen LogP contribution in [0.4, 0.5) is 73.0 Å². The van der Waals surface area contributed by atoms with Crippen molar-refractivity contribution in [2.75, 3.05) is 20.1 Å². The summed E-state index contributed by atoms with van der Waals surface area (Å²) >= 11 is 0. The van der Waals surface area contributed by atoms with Crippen LogP contribution in [0.5, 0.6) is 0 Å². The number of nitro benzene ring substituents is 12. The SMILES string of the molecule is CC(C)OC(=O)C(C)CCCC1c2cc([N+](=O)[O-])cc([N+](=O)[O-])c2-c2c1cc([N+](=O)[O-])cc2[N+](=O)[O-].CC(C)OC(=O)C(C)CCN=C1c2cc([N+](=O)[O-])cc([N+](=O)[O-])c2-c2c1cc([N+](=O)[O-])cc2[N+](=O)[O-].CC(C)OC(=O)N(C)CCCC1c2cc([N+](=O)[O-])cc([N+](=O)[O-])c2-c2c1cc([N+](=O)[O-])cc2[N+](=O)[O-]. The first-order valence-electron chi connectivity index (χ1n) is 32.2. The molecule has 0 spiro atoms. The molecule has 0 saturated heterocycles. The van der Waals surface area contributed by atoms with Crippen LogP contribution in [0.2, 0.25) is 0 Å². The molecule has 0 aliphatic heterocycles. The van der Waals surface area contributed by atoms with Crippen molar-refractivity contribution >= 4 is 92.0 Å². The molecule has 0 fully saturated rings. The van der Waals surface area contributed by atoms with Crippen molar-refractivity contribution in [2.24, 2.45) is 16.8 Å². The van der Waals surface area contributed by atoms with Crippen LogP contribution in [0.1, 0.15) is 139 Å². The third kappa shape index (κ3) is 17.6. The van der Waals surface area contributed by atoms with Gasteiger partial charge in [0.25, 0.3) is 68.2 Å². The number of aliphatic imine (C=N–C) groups is 1. The predicted octanol–water partition coefficient (Wildman–Crippen LogP) is 14.0. The van der Waals surface area contributed by atoms with E-state index >= 15 is 0 Å². The number of carbonyl (C=O) groups is 3. The largest absolute Gasteiger partial charge is 0.463 e. The molecule has 44 nitrogen and oxygen atoms in total. The molecule has 0 N–H and O–H groups in total. The highest BCUT2D eigenvalue weighted by Gasteiger charge is 2.46. The highest BCUT2D eigenvalue weighted by Crippen LogP contribution is 2.58. The van der Waals surface area contributed by atoms with Gasteiger partial charge in [-0.3, -0.25) is 136 Å². The van der Waals surface area contributed by atoms with Crippen LogP contribution in [0.3, 0.4) is 0 Å². The maximum absolute atomic E-state index is 12.1. The average molecular weight is 1510 g/mol. The van der Waals surface area contributed by atoms with Crippen LogP contribution in [-0.4, -0.2) is 126 Å². The molecule has 0 bridgehead atoms. The number of fused-ring (bicyclic) bond motifs is 9. The normalized spacial score (nSPS) is 12.6. The number of hydrogen-bond donors (Lipinski definition) is 0. The lowest BCUT2D eigenvalue weighted by atomic mass is 9.89. The smallest absolute Gasteiger partial charge is 0.409 e. The Hall–Kier alpha value is -14.0. The van der Waals surface area contributed by atoms with Crippen molar-refractivity contribution in [3.63, 3.8) is 0 Å². The lowest BCUT2D eigenvalue weighted by molar-refractivity contribution is -0.395. The minimum absolute atomic E-state index is 0.0739. The third-order valence-electron chi connectivity index (χ3n) is 17.0. The number of ether oxygens (including phenoxy) is 3. The fourth-order valence-electron chi connectivity index (χ4n) is 12.5. The summed E-state index contributed by atoms with van der Waals surface area (Å²) in [5, 5.41) is 140. The molecule has 0 radical (unpaired) electrons. The van der Waals surface area contributed by atoms with Crippen LogP contribution >= 0.6 is 0 Å². The number of hydrogen-bond acceptors (Lipinski definition) is 31. The molecule has 1 amide bonds. The fraction of sp³-hybridized carbons (Fsp3) is 0.375. The van der Waals surface area contributed by atoms with Gasteiger partial charge < -0.3 is 19.1 Å². The first kappa shape index (κ1) is 81.3. The van der Waals surface area contributed by atoms with Crippen LogP contribution in [0.25, 0.3) is 33.4 Å². The van der Waals surface area contributed by atoms with Crippen molar-refractivity contribution in [1.82, 2.24) is 4.90 Å². The van der Waals surface area contributed by atoms with Gasteiger partial charge in [-0.2, -0.15) is 0 Å². The molecule has 9 rings (SSSR count). The minimum atomic E-state index is -0.923. The number of rotatable bonds is 28.